The van der Waals surface area contributed by atoms with Crippen molar-refractivity contribution in [1.82, 2.24) is 5.32 Å². The van der Waals surface area contributed by atoms with Gasteiger partial charge in [-0.25, -0.2) is 0 Å². The first-order valence-electron chi connectivity index (χ1n) is 8.30. The highest BCUT2D eigenvalue weighted by molar-refractivity contribution is 5.18. The molecule has 0 aliphatic heterocycles. The second-order valence-corrected chi connectivity index (χ2v) is 5.87. The van der Waals surface area contributed by atoms with Crippen molar-refractivity contribution >= 4 is 0 Å². The maximum absolute atomic E-state index is 6.12. The van der Waals surface area contributed by atoms with Gasteiger partial charge in [0.2, 0.25) is 0 Å². The highest BCUT2D eigenvalue weighted by atomic mass is 16.5. The maximum Gasteiger partial charge on any atom is 0.0949 e. The van der Waals surface area contributed by atoms with Crippen molar-refractivity contribution in [1.29, 1.82) is 0 Å². The van der Waals surface area contributed by atoms with Gasteiger partial charge in [-0.3, -0.25) is 0 Å². The Kier molecular flexibility index (Phi) is 7.10. The Morgan fingerprint density at radius 3 is 2.55 bits per heavy atom. The Bertz CT molecular complexity index is 348. The molecular weight excluding hydrogens is 246 g/mol. The largest absolute Gasteiger partial charge is 0.372 e. The monoisotopic (exact) mass is 275 g/mol. The van der Waals surface area contributed by atoms with Gasteiger partial charge >= 0.3 is 0 Å². The molecular formula is C18H29NO. The van der Waals surface area contributed by atoms with Gasteiger partial charge < -0.3 is 10.1 Å². The summed E-state index contributed by atoms with van der Waals surface area (Å²) in [7, 11) is 0. The van der Waals surface area contributed by atoms with E-state index >= 15 is 0 Å². The smallest absolute Gasteiger partial charge is 0.0949 e. The second-order valence-electron chi connectivity index (χ2n) is 5.87. The first-order valence-corrected chi connectivity index (χ1v) is 8.30. The van der Waals surface area contributed by atoms with Crippen molar-refractivity contribution in [3.05, 3.63) is 35.9 Å². The summed E-state index contributed by atoms with van der Waals surface area (Å²) in [6.45, 7) is 4.09. The lowest BCUT2D eigenvalue weighted by Crippen LogP contribution is -2.25. The van der Waals surface area contributed by atoms with Crippen LogP contribution in [0.3, 0.4) is 0 Å². The lowest BCUT2D eigenvalue weighted by atomic mass is 10.1. The second kappa shape index (κ2) is 9.15. The lowest BCUT2D eigenvalue weighted by molar-refractivity contribution is 0.0495. The number of hydrogen-bond acceptors (Lipinski definition) is 2. The van der Waals surface area contributed by atoms with Gasteiger partial charge in [0.1, 0.15) is 0 Å². The molecule has 1 aliphatic rings. The average molecular weight is 275 g/mol. The summed E-state index contributed by atoms with van der Waals surface area (Å²) in [5, 5.41) is 3.59. The van der Waals surface area contributed by atoms with Gasteiger partial charge in [0.05, 0.1) is 6.10 Å². The first kappa shape index (κ1) is 15.5. The van der Waals surface area contributed by atoms with Crippen LogP contribution in [0.4, 0.5) is 0 Å². The van der Waals surface area contributed by atoms with Crippen LogP contribution in [0.15, 0.2) is 30.3 Å². The zero-order valence-electron chi connectivity index (χ0n) is 12.8. The Hall–Kier alpha value is -0.860. The lowest BCUT2D eigenvalue weighted by Gasteiger charge is -2.19. The molecule has 1 aromatic carbocycles. The highest BCUT2D eigenvalue weighted by Crippen LogP contribution is 2.22. The third kappa shape index (κ3) is 6.06. The van der Waals surface area contributed by atoms with Crippen LogP contribution in [0.1, 0.15) is 63.5 Å². The molecule has 0 amide bonds. The molecule has 0 saturated heterocycles. The third-order valence-corrected chi connectivity index (χ3v) is 3.91. The van der Waals surface area contributed by atoms with Gasteiger partial charge in [-0.15, -0.1) is 0 Å². The average Bonchev–Trinajstić information content (AvgIpc) is 3.31. The molecule has 1 atom stereocenters. The third-order valence-electron chi connectivity index (χ3n) is 3.91. The van der Waals surface area contributed by atoms with Gasteiger partial charge in [-0.1, -0.05) is 62.9 Å². The topological polar surface area (TPSA) is 21.3 Å². The van der Waals surface area contributed by atoms with Gasteiger partial charge in [0.25, 0.3) is 0 Å². The maximum atomic E-state index is 6.12. The van der Waals surface area contributed by atoms with Crippen molar-refractivity contribution in [3.8, 4) is 0 Å². The van der Waals surface area contributed by atoms with Crippen LogP contribution in [0.2, 0.25) is 0 Å². The summed E-state index contributed by atoms with van der Waals surface area (Å²) in [5.41, 5.74) is 1.30. The van der Waals surface area contributed by atoms with Gasteiger partial charge in [-0.2, -0.15) is 0 Å². The van der Waals surface area contributed by atoms with E-state index in [1.807, 2.05) is 0 Å². The number of ether oxygens (including phenoxy) is 1. The molecule has 0 heterocycles. The normalized spacial score (nSPS) is 16.2. The summed E-state index contributed by atoms with van der Waals surface area (Å²) in [6.07, 6.45) is 9.36. The molecule has 2 rings (SSSR count). The highest BCUT2D eigenvalue weighted by Gasteiger charge is 2.22. The van der Waals surface area contributed by atoms with Crippen molar-refractivity contribution in [3.63, 3.8) is 0 Å². The molecule has 112 valence electrons. The molecule has 1 fully saturated rings. The Morgan fingerprint density at radius 1 is 1.10 bits per heavy atom. The van der Waals surface area contributed by atoms with Crippen molar-refractivity contribution in [2.45, 2.75) is 64.0 Å². The van der Waals surface area contributed by atoms with Crippen LogP contribution in [0.5, 0.6) is 0 Å². The summed E-state index contributed by atoms with van der Waals surface area (Å²) in [5.74, 6) is 0. The Morgan fingerprint density at radius 2 is 1.85 bits per heavy atom. The molecule has 1 aliphatic carbocycles. The number of benzene rings is 1. The molecule has 1 aromatic rings. The molecule has 2 heteroatoms. The minimum atomic E-state index is 0.211. The van der Waals surface area contributed by atoms with E-state index in [-0.39, 0.29) is 6.10 Å². The SMILES string of the molecule is CCCCCCCOC(CNC1CC1)c1ccccc1. The van der Waals surface area contributed by atoms with Crippen molar-refractivity contribution in [2.75, 3.05) is 13.2 Å². The van der Waals surface area contributed by atoms with Crippen LogP contribution >= 0.6 is 0 Å². The standard InChI is InChI=1S/C18H29NO/c1-2-3-4-5-9-14-20-18(15-19-17-12-13-17)16-10-7-6-8-11-16/h6-8,10-11,17-19H,2-5,9,12-15H2,1H3. The summed E-state index contributed by atoms with van der Waals surface area (Å²) < 4.78 is 6.12. The van der Waals surface area contributed by atoms with Crippen molar-refractivity contribution < 1.29 is 4.74 Å². The number of hydrogen-bond donors (Lipinski definition) is 1. The van der Waals surface area contributed by atoms with Gasteiger partial charge in [0, 0.05) is 19.2 Å². The van der Waals surface area contributed by atoms with E-state index in [4.69, 9.17) is 4.74 Å². The molecule has 2 nitrogen and oxygen atoms in total. The van der Waals surface area contributed by atoms with E-state index in [0.717, 1.165) is 19.2 Å². The fourth-order valence-electron chi connectivity index (χ4n) is 2.43. The number of nitrogens with one attached hydrogen (secondary N) is 1. The van der Waals surface area contributed by atoms with Crippen LogP contribution in [-0.2, 0) is 4.74 Å². The van der Waals surface area contributed by atoms with Gasteiger partial charge in [-0.05, 0) is 24.8 Å². The van der Waals surface area contributed by atoms with E-state index in [1.54, 1.807) is 0 Å². The molecule has 20 heavy (non-hydrogen) atoms. The predicted octanol–water partition coefficient (Wildman–Crippen LogP) is 4.47. The van der Waals surface area contributed by atoms with Gasteiger partial charge in [0.15, 0.2) is 0 Å². The summed E-state index contributed by atoms with van der Waals surface area (Å²) in [4.78, 5) is 0. The molecule has 0 aromatic heterocycles. The molecule has 1 N–H and O–H groups in total. The minimum absolute atomic E-state index is 0.211. The predicted molar refractivity (Wildman–Crippen MR) is 84.9 cm³/mol. The molecule has 0 radical (unpaired) electrons. The van der Waals surface area contributed by atoms with Crippen LogP contribution in [-0.4, -0.2) is 19.2 Å². The summed E-state index contributed by atoms with van der Waals surface area (Å²) >= 11 is 0. The van der Waals surface area contributed by atoms with E-state index in [0.29, 0.717) is 0 Å². The fraction of sp³-hybridized carbons (Fsp3) is 0.667. The molecule has 1 unspecified atom stereocenters. The van der Waals surface area contributed by atoms with Crippen LogP contribution in [0.25, 0.3) is 0 Å². The van der Waals surface area contributed by atoms with E-state index in [2.05, 4.69) is 42.6 Å². The van der Waals surface area contributed by atoms with Crippen molar-refractivity contribution in [2.24, 2.45) is 0 Å². The zero-order valence-corrected chi connectivity index (χ0v) is 12.8. The Balaban J connectivity index is 1.71. The fourth-order valence-corrected chi connectivity index (χ4v) is 2.43. The number of rotatable bonds is 11. The molecule has 0 bridgehead atoms. The van der Waals surface area contributed by atoms with Crippen LogP contribution in [0, 0.1) is 0 Å². The van der Waals surface area contributed by atoms with E-state index in [1.165, 1.54) is 50.5 Å². The Labute approximate surface area is 123 Å². The van der Waals surface area contributed by atoms with E-state index in [9.17, 15) is 0 Å². The first-order chi connectivity index (χ1) is 9.90. The minimum Gasteiger partial charge on any atom is -0.372 e. The quantitative estimate of drug-likeness (QED) is 0.602. The zero-order chi connectivity index (χ0) is 14.0. The van der Waals surface area contributed by atoms with E-state index < -0.39 is 0 Å². The molecule has 0 spiro atoms. The van der Waals surface area contributed by atoms with Crippen LogP contribution < -0.4 is 5.32 Å². The summed E-state index contributed by atoms with van der Waals surface area (Å²) in [6, 6.07) is 11.4. The molecule has 1 saturated carbocycles. The number of unbranched alkanes of at least 4 members (excludes halogenated alkanes) is 4.